The lowest BCUT2D eigenvalue weighted by Crippen LogP contribution is -2.04. The number of hydrogen-bond acceptors (Lipinski definition) is 2. The fraction of sp³-hybridized carbons (Fsp3) is 0.417. The van der Waals surface area contributed by atoms with E-state index >= 15 is 0 Å². The summed E-state index contributed by atoms with van der Waals surface area (Å²) >= 11 is 5.39. The van der Waals surface area contributed by atoms with Crippen LogP contribution in [-0.2, 0) is 11.2 Å². The number of nitrogens with zero attached hydrogens (tertiary/aromatic N) is 1. The molecule has 0 radical (unpaired) electrons. The molecule has 0 fully saturated rings. The van der Waals surface area contributed by atoms with Crippen molar-refractivity contribution in [2.45, 2.75) is 26.2 Å². The Morgan fingerprint density at radius 1 is 1.33 bits per heavy atom. The Bertz CT molecular complexity index is 298. The maximum Gasteiger partial charge on any atom is 0.200 e. The van der Waals surface area contributed by atoms with Crippen molar-refractivity contribution >= 4 is 17.7 Å². The monoisotopic (exact) mass is 226 g/mol. The molecule has 0 unspecified atom stereocenters. The van der Waals surface area contributed by atoms with Crippen LogP contribution in [0.4, 0.5) is 0 Å². The second-order valence-electron chi connectivity index (χ2n) is 3.25. The summed E-state index contributed by atoms with van der Waals surface area (Å²) in [6.45, 7) is 2.55. The first-order chi connectivity index (χ1) is 7.36. The largest absolute Gasteiger partial charge is 0.480 e. The summed E-state index contributed by atoms with van der Waals surface area (Å²) in [5.74, 6) is 0.634. The number of halogens is 1. The lowest BCUT2D eigenvalue weighted by Gasteiger charge is -2.05. The van der Waals surface area contributed by atoms with Gasteiger partial charge in [0, 0.05) is 18.2 Å². The quantitative estimate of drug-likeness (QED) is 0.427. The number of hydrogen-bond donors (Lipinski definition) is 0. The van der Waals surface area contributed by atoms with Gasteiger partial charge < -0.3 is 4.74 Å². The average Bonchev–Trinajstić information content (AvgIpc) is 2.29. The number of benzene rings is 1. The van der Waals surface area contributed by atoms with Gasteiger partial charge in [0.1, 0.15) is 0 Å². The molecule has 0 atom stereocenters. The van der Waals surface area contributed by atoms with Gasteiger partial charge in [-0.05, 0) is 25.3 Å². The average molecular weight is 227 g/mol. The van der Waals surface area contributed by atoms with Crippen molar-refractivity contribution in [3.05, 3.63) is 35.9 Å². The molecule has 0 aromatic heterocycles. The molecule has 0 N–H and O–H groups in total. The van der Waals surface area contributed by atoms with Crippen LogP contribution in [0.15, 0.2) is 34.8 Å². The van der Waals surface area contributed by atoms with Gasteiger partial charge in [-0.2, -0.15) is 0 Å². The Hall–Kier alpha value is -1.02. The molecule has 0 aliphatic carbocycles. The third-order valence-corrected chi connectivity index (χ3v) is 2.29. The van der Waals surface area contributed by atoms with Gasteiger partial charge in [0.15, 0.2) is 0 Å². The SMILES string of the molecule is CCO/C(CCCc1ccccc1)=[15N]\Cl. The Morgan fingerprint density at radius 3 is 2.67 bits per heavy atom. The normalized spacial score (nSPS) is 11.5. The molecule has 0 aliphatic rings. The molecule has 3 heteroatoms. The van der Waals surface area contributed by atoms with E-state index in [4.69, 9.17) is 16.5 Å². The summed E-state index contributed by atoms with van der Waals surface area (Å²) in [5, 5.41) is 0. The Morgan fingerprint density at radius 2 is 2.07 bits per heavy atom. The van der Waals surface area contributed by atoms with Crippen molar-refractivity contribution in [2.75, 3.05) is 6.61 Å². The third-order valence-electron chi connectivity index (χ3n) is 2.10. The lowest BCUT2D eigenvalue weighted by atomic mass is 10.1. The zero-order valence-electron chi connectivity index (χ0n) is 8.95. The highest BCUT2D eigenvalue weighted by Gasteiger charge is 1.99. The molecule has 1 aromatic rings. The molecular weight excluding hydrogens is 211 g/mol. The van der Waals surface area contributed by atoms with Crippen molar-refractivity contribution in [2.24, 2.45) is 4.51 Å². The Labute approximate surface area is 96.0 Å². The van der Waals surface area contributed by atoms with Crippen LogP contribution >= 0.6 is 11.8 Å². The van der Waals surface area contributed by atoms with Crippen molar-refractivity contribution in [1.29, 1.82) is 0 Å². The zero-order chi connectivity index (χ0) is 10.9. The molecule has 0 aliphatic heterocycles. The van der Waals surface area contributed by atoms with E-state index in [1.807, 2.05) is 13.0 Å². The fourth-order valence-electron chi connectivity index (χ4n) is 1.39. The van der Waals surface area contributed by atoms with E-state index in [1.165, 1.54) is 5.56 Å². The first-order valence-electron chi connectivity index (χ1n) is 5.21. The fourth-order valence-corrected chi connectivity index (χ4v) is 1.53. The molecule has 0 saturated heterocycles. The van der Waals surface area contributed by atoms with E-state index in [1.54, 1.807) is 0 Å². The predicted molar refractivity (Wildman–Crippen MR) is 64.3 cm³/mol. The van der Waals surface area contributed by atoms with E-state index in [9.17, 15) is 0 Å². The second-order valence-corrected chi connectivity index (χ2v) is 3.42. The minimum absolute atomic E-state index is 0.622. The molecule has 0 saturated carbocycles. The summed E-state index contributed by atoms with van der Waals surface area (Å²) < 4.78 is 8.82. The maximum absolute atomic E-state index is 5.39. The summed E-state index contributed by atoms with van der Waals surface area (Å²) in [4.78, 5) is 0. The van der Waals surface area contributed by atoms with Crippen LogP contribution in [0.3, 0.4) is 0 Å². The molecule has 82 valence electrons. The summed E-state index contributed by atoms with van der Waals surface area (Å²) in [6.07, 6.45) is 2.84. The molecule has 0 bridgehead atoms. The summed E-state index contributed by atoms with van der Waals surface area (Å²) in [7, 11) is 0. The van der Waals surface area contributed by atoms with Crippen LogP contribution in [0.25, 0.3) is 0 Å². The van der Waals surface area contributed by atoms with E-state index in [0.717, 1.165) is 19.3 Å². The molecular formula is C12H16ClNO. The zero-order valence-corrected chi connectivity index (χ0v) is 9.70. The number of rotatable bonds is 5. The van der Waals surface area contributed by atoms with Gasteiger partial charge in [-0.1, -0.05) is 30.3 Å². The minimum atomic E-state index is 0.622. The standard InChI is InChI=1S/C12H16ClNO/c1-2-15-12(14-13)10-6-9-11-7-4-3-5-8-11/h3-5,7-8H,2,6,9-10H2,1H3/b14-12-/i14+1. The first kappa shape index (κ1) is 12.1. The van der Waals surface area contributed by atoms with Crippen LogP contribution in [0.2, 0.25) is 0 Å². The lowest BCUT2D eigenvalue weighted by molar-refractivity contribution is 0.317. The highest BCUT2D eigenvalue weighted by molar-refractivity contribution is 6.19. The van der Waals surface area contributed by atoms with Crippen molar-refractivity contribution in [3.63, 3.8) is 0 Å². The first-order valence-corrected chi connectivity index (χ1v) is 5.55. The summed E-state index contributed by atoms with van der Waals surface area (Å²) in [5.41, 5.74) is 1.34. The predicted octanol–water partition coefficient (Wildman–Crippen LogP) is 3.60. The van der Waals surface area contributed by atoms with E-state index in [2.05, 4.69) is 28.8 Å². The number of ether oxygens (including phenoxy) is 1. The van der Waals surface area contributed by atoms with Crippen LogP contribution in [-0.4, -0.2) is 12.5 Å². The van der Waals surface area contributed by atoms with Crippen molar-refractivity contribution < 1.29 is 4.74 Å². The third kappa shape index (κ3) is 4.84. The van der Waals surface area contributed by atoms with E-state index in [-0.39, 0.29) is 0 Å². The van der Waals surface area contributed by atoms with Crippen molar-refractivity contribution in [1.82, 2.24) is 0 Å². The Kier molecular flexibility index (Phi) is 5.86. The van der Waals surface area contributed by atoms with Gasteiger partial charge in [-0.3, -0.25) is 0 Å². The second kappa shape index (κ2) is 7.30. The molecule has 2 nitrogen and oxygen atoms in total. The maximum atomic E-state index is 5.39. The van der Waals surface area contributed by atoms with Gasteiger partial charge in [-0.25, -0.2) is 0 Å². The number of aryl methyl sites for hydroxylation is 1. The molecule has 1 aromatic carbocycles. The smallest absolute Gasteiger partial charge is 0.200 e. The van der Waals surface area contributed by atoms with Crippen LogP contribution in [0.5, 0.6) is 0 Å². The van der Waals surface area contributed by atoms with Crippen molar-refractivity contribution in [3.8, 4) is 0 Å². The van der Waals surface area contributed by atoms with Gasteiger partial charge in [-0.15, -0.1) is 4.51 Å². The van der Waals surface area contributed by atoms with E-state index in [0.29, 0.717) is 12.5 Å². The topological polar surface area (TPSA) is 21.6 Å². The highest BCUT2D eigenvalue weighted by atomic mass is 35.5. The Balaban J connectivity index is 2.27. The van der Waals surface area contributed by atoms with Crippen LogP contribution in [0, 0.1) is 0 Å². The van der Waals surface area contributed by atoms with Gasteiger partial charge in [0.2, 0.25) is 5.90 Å². The van der Waals surface area contributed by atoms with Gasteiger partial charge in [0.05, 0.1) is 6.61 Å². The molecule has 0 spiro atoms. The van der Waals surface area contributed by atoms with Gasteiger partial charge in [0.25, 0.3) is 0 Å². The van der Waals surface area contributed by atoms with Crippen LogP contribution in [0.1, 0.15) is 25.3 Å². The van der Waals surface area contributed by atoms with Gasteiger partial charge >= 0.3 is 0 Å². The molecule has 0 heterocycles. The molecule has 1 rings (SSSR count). The highest BCUT2D eigenvalue weighted by Crippen LogP contribution is 2.06. The summed E-state index contributed by atoms with van der Waals surface area (Å²) in [6, 6.07) is 10.4. The minimum Gasteiger partial charge on any atom is -0.480 e. The molecule has 0 amide bonds. The molecule has 15 heavy (non-hydrogen) atoms. The van der Waals surface area contributed by atoms with Crippen LogP contribution < -0.4 is 0 Å². The van der Waals surface area contributed by atoms with E-state index < -0.39 is 0 Å².